The molecule has 0 radical (unpaired) electrons. The Bertz CT molecular complexity index is 773. The van der Waals surface area contributed by atoms with Gasteiger partial charge in [0.15, 0.2) is 11.5 Å². The summed E-state index contributed by atoms with van der Waals surface area (Å²) in [5.74, 6) is 1.69. The first-order valence-corrected chi connectivity index (χ1v) is 9.67. The van der Waals surface area contributed by atoms with E-state index in [0.29, 0.717) is 50.2 Å². The summed E-state index contributed by atoms with van der Waals surface area (Å²) in [5.41, 5.74) is 0.800. The summed E-state index contributed by atoms with van der Waals surface area (Å²) >= 11 is 0. The van der Waals surface area contributed by atoms with Crippen molar-refractivity contribution >= 4 is 30.7 Å². The topological polar surface area (TPSA) is 81.7 Å². The van der Waals surface area contributed by atoms with Crippen LogP contribution in [0.5, 0.6) is 17.4 Å². The lowest BCUT2D eigenvalue weighted by Crippen LogP contribution is -2.44. The number of hydrogen-bond acceptors (Lipinski definition) is 6. The average molecular weight is 458 g/mol. The summed E-state index contributed by atoms with van der Waals surface area (Å²) in [6.07, 6.45) is 2.96. The lowest BCUT2D eigenvalue weighted by Gasteiger charge is -2.23. The number of hydrogen-bond donors (Lipinski definition) is 2. The van der Waals surface area contributed by atoms with Crippen molar-refractivity contribution in [2.24, 2.45) is 0 Å². The number of carbonyl (C=O) groups is 1. The molecule has 3 rings (SSSR count). The Morgan fingerprint density at radius 3 is 2.77 bits per heavy atom. The molecular formula is C21H29Cl2N3O4. The van der Waals surface area contributed by atoms with E-state index < -0.39 is 0 Å². The summed E-state index contributed by atoms with van der Waals surface area (Å²) in [6, 6.07) is 11.3. The number of amides is 1. The van der Waals surface area contributed by atoms with Crippen molar-refractivity contribution in [3.05, 3.63) is 48.2 Å². The number of nitrogens with zero attached hydrogens (tertiary/aromatic N) is 1. The van der Waals surface area contributed by atoms with Crippen LogP contribution in [-0.2, 0) is 16.1 Å². The fourth-order valence-corrected chi connectivity index (χ4v) is 2.86. The third kappa shape index (κ3) is 7.99. The molecule has 1 saturated heterocycles. The van der Waals surface area contributed by atoms with E-state index in [1.165, 1.54) is 0 Å². The Balaban J connectivity index is 0.00000225. The van der Waals surface area contributed by atoms with Gasteiger partial charge in [-0.05, 0) is 24.6 Å². The maximum atomic E-state index is 12.2. The molecule has 1 aliphatic rings. The van der Waals surface area contributed by atoms with E-state index in [1.54, 1.807) is 6.20 Å². The van der Waals surface area contributed by atoms with Gasteiger partial charge in [0.2, 0.25) is 11.8 Å². The maximum absolute atomic E-state index is 12.2. The number of morpholine rings is 1. The number of nitrogens with one attached hydrogen (secondary N) is 2. The Morgan fingerprint density at radius 1 is 1.23 bits per heavy atom. The van der Waals surface area contributed by atoms with Crippen molar-refractivity contribution < 1.29 is 19.0 Å². The molecule has 2 N–H and O–H groups in total. The van der Waals surface area contributed by atoms with Crippen molar-refractivity contribution in [2.75, 3.05) is 26.4 Å². The number of rotatable bonds is 9. The lowest BCUT2D eigenvalue weighted by atomic mass is 10.2. The van der Waals surface area contributed by atoms with Crippen LogP contribution in [0.4, 0.5) is 0 Å². The molecule has 7 nitrogen and oxygen atoms in total. The van der Waals surface area contributed by atoms with E-state index in [0.717, 1.165) is 18.5 Å². The maximum Gasteiger partial charge on any atom is 0.224 e. The molecular weight excluding hydrogens is 429 g/mol. The van der Waals surface area contributed by atoms with Crippen molar-refractivity contribution in [3.8, 4) is 17.4 Å². The Kier molecular flexibility index (Phi) is 12.2. The zero-order chi connectivity index (χ0) is 19.6. The number of aromatic nitrogens is 1. The number of para-hydroxylation sites is 2. The predicted molar refractivity (Wildman–Crippen MR) is 120 cm³/mol. The first-order chi connectivity index (χ1) is 13.8. The van der Waals surface area contributed by atoms with Gasteiger partial charge in [0.05, 0.1) is 19.8 Å². The van der Waals surface area contributed by atoms with Gasteiger partial charge in [-0.15, -0.1) is 24.8 Å². The number of carbonyl (C=O) groups excluding carboxylic acids is 1. The number of pyridine rings is 1. The van der Waals surface area contributed by atoms with Crippen LogP contribution in [0.1, 0.15) is 25.3 Å². The molecule has 30 heavy (non-hydrogen) atoms. The minimum atomic E-state index is -0.0375. The van der Waals surface area contributed by atoms with E-state index in [-0.39, 0.29) is 36.8 Å². The lowest BCUT2D eigenvalue weighted by molar-refractivity contribution is -0.122. The summed E-state index contributed by atoms with van der Waals surface area (Å²) in [4.78, 5) is 16.6. The van der Waals surface area contributed by atoms with E-state index in [2.05, 4.69) is 22.5 Å². The number of ether oxygens (including phenoxy) is 3. The van der Waals surface area contributed by atoms with Gasteiger partial charge in [0.1, 0.15) is 0 Å². The molecule has 1 aliphatic heterocycles. The second-order valence-corrected chi connectivity index (χ2v) is 6.57. The normalized spacial score (nSPS) is 15.3. The molecule has 1 aromatic heterocycles. The summed E-state index contributed by atoms with van der Waals surface area (Å²) < 4.78 is 17.1. The number of halogens is 2. The van der Waals surface area contributed by atoms with Crippen LogP contribution in [-0.4, -0.2) is 43.3 Å². The first-order valence-electron chi connectivity index (χ1n) is 9.67. The van der Waals surface area contributed by atoms with E-state index in [9.17, 15) is 4.79 Å². The monoisotopic (exact) mass is 457 g/mol. The molecule has 1 fully saturated rings. The second kappa shape index (κ2) is 14.0. The third-order valence-electron chi connectivity index (χ3n) is 4.27. The average Bonchev–Trinajstić information content (AvgIpc) is 2.73. The van der Waals surface area contributed by atoms with E-state index in [4.69, 9.17) is 14.2 Å². The van der Waals surface area contributed by atoms with Gasteiger partial charge in [-0.2, -0.15) is 0 Å². The smallest absolute Gasteiger partial charge is 0.224 e. The van der Waals surface area contributed by atoms with Crippen LogP contribution >= 0.6 is 24.8 Å². The van der Waals surface area contributed by atoms with Gasteiger partial charge in [-0.3, -0.25) is 4.79 Å². The van der Waals surface area contributed by atoms with Crippen LogP contribution in [0, 0.1) is 0 Å². The zero-order valence-corrected chi connectivity index (χ0v) is 18.6. The van der Waals surface area contributed by atoms with Crippen LogP contribution in [0.25, 0.3) is 0 Å². The highest BCUT2D eigenvalue weighted by atomic mass is 35.5. The van der Waals surface area contributed by atoms with Crippen molar-refractivity contribution in [1.82, 2.24) is 15.6 Å². The molecule has 1 aromatic carbocycles. The third-order valence-corrected chi connectivity index (χ3v) is 4.27. The highest BCUT2D eigenvalue weighted by Gasteiger charge is 2.17. The van der Waals surface area contributed by atoms with Gasteiger partial charge < -0.3 is 24.8 Å². The molecule has 1 unspecified atom stereocenters. The van der Waals surface area contributed by atoms with Gasteiger partial charge in [-0.1, -0.05) is 25.1 Å². The largest absolute Gasteiger partial charge is 0.490 e. The number of benzene rings is 1. The quantitative estimate of drug-likeness (QED) is 0.599. The van der Waals surface area contributed by atoms with Gasteiger partial charge in [-0.25, -0.2) is 4.98 Å². The minimum Gasteiger partial charge on any atom is -0.490 e. The Hall–Kier alpha value is -2.06. The summed E-state index contributed by atoms with van der Waals surface area (Å²) in [7, 11) is 0. The van der Waals surface area contributed by atoms with Crippen LogP contribution in [0.2, 0.25) is 0 Å². The molecule has 2 heterocycles. The van der Waals surface area contributed by atoms with Crippen LogP contribution in [0.3, 0.4) is 0 Å². The molecule has 0 saturated carbocycles. The van der Waals surface area contributed by atoms with Crippen LogP contribution in [0.15, 0.2) is 42.6 Å². The molecule has 1 atom stereocenters. The predicted octanol–water partition coefficient (Wildman–Crippen LogP) is 3.50. The Labute approximate surface area is 189 Å². The van der Waals surface area contributed by atoms with Gasteiger partial charge in [0, 0.05) is 37.3 Å². The highest BCUT2D eigenvalue weighted by Crippen LogP contribution is 2.31. The summed E-state index contributed by atoms with van der Waals surface area (Å²) in [5, 5.41) is 6.21. The molecule has 9 heteroatoms. The minimum absolute atomic E-state index is 0. The standard InChI is InChI=1S/C21H27N3O4.2ClH/c1-2-11-27-18-7-3-4-8-19(18)28-21-16(6-5-9-23-21)14-24-20(25)13-17-15-26-12-10-22-17;;/h3-9,17,22H,2,10-15H2,1H3,(H,24,25);2*1H. The second-order valence-electron chi connectivity index (χ2n) is 6.57. The first kappa shape index (κ1) is 26.0. The molecule has 0 aliphatic carbocycles. The molecule has 0 bridgehead atoms. The fourth-order valence-electron chi connectivity index (χ4n) is 2.86. The summed E-state index contributed by atoms with van der Waals surface area (Å²) in [6.45, 7) is 5.04. The van der Waals surface area contributed by atoms with Crippen molar-refractivity contribution in [3.63, 3.8) is 0 Å². The molecule has 166 valence electrons. The van der Waals surface area contributed by atoms with E-state index in [1.807, 2.05) is 36.4 Å². The molecule has 2 aromatic rings. The van der Waals surface area contributed by atoms with Crippen molar-refractivity contribution in [2.45, 2.75) is 32.4 Å². The van der Waals surface area contributed by atoms with Crippen LogP contribution < -0.4 is 20.1 Å². The zero-order valence-electron chi connectivity index (χ0n) is 17.0. The molecule has 0 spiro atoms. The Morgan fingerprint density at radius 2 is 2.03 bits per heavy atom. The van der Waals surface area contributed by atoms with Crippen molar-refractivity contribution in [1.29, 1.82) is 0 Å². The fraction of sp³-hybridized carbons (Fsp3) is 0.429. The van der Waals surface area contributed by atoms with Gasteiger partial charge in [0.25, 0.3) is 0 Å². The van der Waals surface area contributed by atoms with E-state index >= 15 is 0 Å². The highest BCUT2D eigenvalue weighted by molar-refractivity contribution is 5.85. The van der Waals surface area contributed by atoms with Gasteiger partial charge >= 0.3 is 0 Å². The SMILES string of the molecule is CCCOc1ccccc1Oc1ncccc1CNC(=O)CC1COCCN1.Cl.Cl. The molecule has 1 amide bonds.